The lowest BCUT2D eigenvalue weighted by atomic mass is 9.96. The van der Waals surface area contributed by atoms with Crippen LogP contribution in [0.15, 0.2) is 40.9 Å². The number of carboxylic acids is 2. The highest BCUT2D eigenvalue weighted by atomic mass is 79.9. The molecule has 0 aliphatic carbocycles. The van der Waals surface area contributed by atoms with Crippen LogP contribution in [0.4, 0.5) is 0 Å². The minimum absolute atomic E-state index is 0.0219. The highest BCUT2D eigenvalue weighted by Gasteiger charge is 2.15. The van der Waals surface area contributed by atoms with Crippen LogP contribution in [-0.4, -0.2) is 22.2 Å². The maximum atomic E-state index is 11.4. The number of aromatic carboxylic acids is 2. The van der Waals surface area contributed by atoms with Gasteiger partial charge < -0.3 is 10.2 Å². The molecule has 0 saturated carbocycles. The van der Waals surface area contributed by atoms with Crippen molar-refractivity contribution in [2.24, 2.45) is 0 Å². The van der Waals surface area contributed by atoms with Gasteiger partial charge in [-0.15, -0.1) is 0 Å². The Bertz CT molecular complexity index is 737. The van der Waals surface area contributed by atoms with Gasteiger partial charge >= 0.3 is 11.9 Å². The van der Waals surface area contributed by atoms with E-state index in [1.165, 1.54) is 12.1 Å². The molecule has 0 atom stereocenters. The van der Waals surface area contributed by atoms with Crippen LogP contribution in [0.3, 0.4) is 0 Å². The van der Waals surface area contributed by atoms with Crippen LogP contribution in [0.25, 0.3) is 0 Å². The van der Waals surface area contributed by atoms with Crippen molar-refractivity contribution in [3.8, 4) is 0 Å². The Labute approximate surface area is 136 Å². The quantitative estimate of drug-likeness (QED) is 0.842. The third kappa shape index (κ3) is 3.36. The Balaban J connectivity index is 2.45. The highest BCUT2D eigenvalue weighted by Crippen LogP contribution is 2.26. The maximum absolute atomic E-state index is 11.4. The van der Waals surface area contributed by atoms with Crippen LogP contribution in [0.2, 0.25) is 0 Å². The van der Waals surface area contributed by atoms with E-state index in [0.717, 1.165) is 22.0 Å². The van der Waals surface area contributed by atoms with Crippen molar-refractivity contribution in [1.29, 1.82) is 0 Å². The second kappa shape index (κ2) is 6.75. The molecular weight excluding hydrogens is 348 g/mol. The van der Waals surface area contributed by atoms with Crippen molar-refractivity contribution in [2.75, 3.05) is 0 Å². The number of hydrogen-bond donors (Lipinski definition) is 2. The molecule has 5 heteroatoms. The molecule has 0 aliphatic heterocycles. The van der Waals surface area contributed by atoms with Gasteiger partial charge in [-0.1, -0.05) is 47.1 Å². The van der Waals surface area contributed by atoms with Crippen molar-refractivity contribution >= 4 is 27.9 Å². The fourth-order valence-corrected chi connectivity index (χ4v) is 3.00. The maximum Gasteiger partial charge on any atom is 0.336 e. The lowest BCUT2D eigenvalue weighted by molar-refractivity contribution is 0.0695. The molecule has 0 unspecified atom stereocenters. The summed E-state index contributed by atoms with van der Waals surface area (Å²) in [6, 6.07) is 10.1. The van der Waals surface area contributed by atoms with Crippen LogP contribution < -0.4 is 0 Å². The summed E-state index contributed by atoms with van der Waals surface area (Å²) in [7, 11) is 0. The van der Waals surface area contributed by atoms with Crippen LogP contribution in [0.1, 0.15) is 44.3 Å². The molecule has 0 aliphatic rings. The minimum Gasteiger partial charge on any atom is -0.478 e. The van der Waals surface area contributed by atoms with E-state index < -0.39 is 11.9 Å². The molecule has 4 nitrogen and oxygen atoms in total. The van der Waals surface area contributed by atoms with Gasteiger partial charge in [0.25, 0.3) is 0 Å². The lowest BCUT2D eigenvalue weighted by Crippen LogP contribution is -2.07. The SMILES string of the molecule is CCc1cccc(Cc2ccc(C(=O)O)cc2C(=O)O)c1Br. The molecular formula is C17H15BrO4. The summed E-state index contributed by atoms with van der Waals surface area (Å²) in [6.45, 7) is 2.05. The first-order chi connectivity index (χ1) is 10.4. The largest absolute Gasteiger partial charge is 0.478 e. The molecule has 2 rings (SSSR count). The average molecular weight is 363 g/mol. The fraction of sp³-hybridized carbons (Fsp3) is 0.176. The summed E-state index contributed by atoms with van der Waals surface area (Å²) in [4.78, 5) is 22.4. The Morgan fingerprint density at radius 1 is 1.00 bits per heavy atom. The Hall–Kier alpha value is -2.14. The number of rotatable bonds is 5. The predicted octanol–water partition coefficient (Wildman–Crippen LogP) is 4.00. The van der Waals surface area contributed by atoms with Gasteiger partial charge in [-0.2, -0.15) is 0 Å². The van der Waals surface area contributed by atoms with Gasteiger partial charge in [-0.25, -0.2) is 9.59 Å². The number of benzene rings is 2. The van der Waals surface area contributed by atoms with E-state index in [1.54, 1.807) is 6.07 Å². The number of hydrogen-bond acceptors (Lipinski definition) is 2. The Morgan fingerprint density at radius 2 is 1.68 bits per heavy atom. The van der Waals surface area contributed by atoms with E-state index in [4.69, 9.17) is 5.11 Å². The number of carboxylic acid groups (broad SMARTS) is 2. The monoisotopic (exact) mass is 362 g/mol. The molecule has 114 valence electrons. The summed E-state index contributed by atoms with van der Waals surface area (Å²) in [5, 5.41) is 18.3. The smallest absolute Gasteiger partial charge is 0.336 e. The Morgan fingerprint density at radius 3 is 2.27 bits per heavy atom. The number of carbonyl (C=O) groups is 2. The third-order valence-corrected chi connectivity index (χ3v) is 4.53. The summed E-state index contributed by atoms with van der Waals surface area (Å²) in [5.41, 5.74) is 2.71. The average Bonchev–Trinajstić information content (AvgIpc) is 2.49. The van der Waals surface area contributed by atoms with Crippen molar-refractivity contribution < 1.29 is 19.8 Å². The third-order valence-electron chi connectivity index (χ3n) is 3.51. The molecule has 0 saturated heterocycles. The number of halogens is 1. The van der Waals surface area contributed by atoms with E-state index in [1.807, 2.05) is 25.1 Å². The fourth-order valence-electron chi connectivity index (χ4n) is 2.31. The molecule has 2 N–H and O–H groups in total. The molecule has 0 amide bonds. The van der Waals surface area contributed by atoms with E-state index in [2.05, 4.69) is 15.9 Å². The molecule has 0 spiro atoms. The van der Waals surface area contributed by atoms with Crippen molar-refractivity contribution in [3.05, 3.63) is 68.7 Å². The first kappa shape index (κ1) is 16.2. The van der Waals surface area contributed by atoms with Gasteiger partial charge in [-0.05, 0) is 41.7 Å². The van der Waals surface area contributed by atoms with E-state index in [0.29, 0.717) is 12.0 Å². The second-order valence-corrected chi connectivity index (χ2v) is 5.70. The van der Waals surface area contributed by atoms with Gasteiger partial charge in [0.2, 0.25) is 0 Å². The van der Waals surface area contributed by atoms with Crippen molar-refractivity contribution in [1.82, 2.24) is 0 Å². The zero-order valence-corrected chi connectivity index (χ0v) is 13.6. The topological polar surface area (TPSA) is 74.6 Å². The van der Waals surface area contributed by atoms with Crippen LogP contribution in [0.5, 0.6) is 0 Å². The molecule has 0 heterocycles. The van der Waals surface area contributed by atoms with E-state index in [-0.39, 0.29) is 11.1 Å². The molecule has 0 fully saturated rings. The summed E-state index contributed by atoms with van der Waals surface area (Å²) >= 11 is 3.56. The molecule has 2 aromatic carbocycles. The van der Waals surface area contributed by atoms with Gasteiger partial charge in [0.1, 0.15) is 0 Å². The molecule has 0 radical (unpaired) electrons. The molecule has 0 bridgehead atoms. The van der Waals surface area contributed by atoms with Gasteiger partial charge in [0.15, 0.2) is 0 Å². The van der Waals surface area contributed by atoms with Crippen LogP contribution in [0, 0.1) is 0 Å². The van der Waals surface area contributed by atoms with Gasteiger partial charge in [0, 0.05) is 4.47 Å². The summed E-state index contributed by atoms with van der Waals surface area (Å²) in [5.74, 6) is -2.26. The van der Waals surface area contributed by atoms with Crippen molar-refractivity contribution in [3.63, 3.8) is 0 Å². The van der Waals surface area contributed by atoms with Crippen LogP contribution in [-0.2, 0) is 12.8 Å². The zero-order chi connectivity index (χ0) is 16.3. The normalized spacial score (nSPS) is 10.5. The van der Waals surface area contributed by atoms with E-state index in [9.17, 15) is 14.7 Å². The lowest BCUT2D eigenvalue weighted by Gasteiger charge is -2.11. The first-order valence-corrected chi connectivity index (χ1v) is 7.59. The number of aryl methyl sites for hydroxylation is 1. The van der Waals surface area contributed by atoms with Crippen LogP contribution >= 0.6 is 15.9 Å². The first-order valence-electron chi connectivity index (χ1n) is 6.79. The molecule has 22 heavy (non-hydrogen) atoms. The molecule has 2 aromatic rings. The second-order valence-electron chi connectivity index (χ2n) is 4.90. The zero-order valence-electron chi connectivity index (χ0n) is 12.0. The van der Waals surface area contributed by atoms with Crippen molar-refractivity contribution in [2.45, 2.75) is 19.8 Å². The highest BCUT2D eigenvalue weighted by molar-refractivity contribution is 9.10. The molecule has 0 aromatic heterocycles. The minimum atomic E-state index is -1.14. The Kier molecular flexibility index (Phi) is 4.98. The summed E-state index contributed by atoms with van der Waals surface area (Å²) in [6.07, 6.45) is 1.30. The van der Waals surface area contributed by atoms with Gasteiger partial charge in [-0.3, -0.25) is 0 Å². The van der Waals surface area contributed by atoms with E-state index >= 15 is 0 Å². The predicted molar refractivity (Wildman–Crippen MR) is 86.7 cm³/mol. The van der Waals surface area contributed by atoms with Gasteiger partial charge in [0.05, 0.1) is 11.1 Å². The summed E-state index contributed by atoms with van der Waals surface area (Å²) < 4.78 is 0.969. The standard InChI is InChI=1S/C17H15BrO4/c1-2-10-4-3-5-12(15(10)18)8-11-6-7-13(16(19)20)9-14(11)17(21)22/h3-7,9H,2,8H2,1H3,(H,19,20)(H,21,22).